The van der Waals surface area contributed by atoms with Crippen molar-refractivity contribution < 1.29 is 51.4 Å². The molecule has 0 radical (unpaired) electrons. The number of carbonyl (C=O) groups excluding carboxylic acids is 2. The number of anilines is 1. The number of halogens is 3. The van der Waals surface area contributed by atoms with Crippen LogP contribution in [0.25, 0.3) is 31.9 Å². The molecule has 118 heavy (non-hydrogen) atoms. The van der Waals surface area contributed by atoms with E-state index in [1.807, 2.05) is 16.9 Å². The van der Waals surface area contributed by atoms with Gasteiger partial charge in [-0.2, -0.15) is 0 Å². The van der Waals surface area contributed by atoms with Gasteiger partial charge in [-0.05, 0) is 276 Å². The van der Waals surface area contributed by atoms with Crippen molar-refractivity contribution in [3.8, 4) is 34.5 Å². The fourth-order valence-corrected chi connectivity index (χ4v) is 21.3. The second kappa shape index (κ2) is 40.2. The molecule has 9 atom stereocenters. The first kappa shape index (κ1) is 93.0. The van der Waals surface area contributed by atoms with Gasteiger partial charge >= 0.3 is 11.9 Å². The molecule has 0 spiro atoms. The molecule has 0 bridgehead atoms. The third-order valence-corrected chi connectivity index (χ3v) is 29.1. The van der Waals surface area contributed by atoms with Gasteiger partial charge in [0.15, 0.2) is 11.0 Å². The number of hydrogen-bond acceptors (Lipinski definition) is 18. The highest BCUT2D eigenvalue weighted by Gasteiger charge is 2.52. The Bertz CT molecular complexity index is 4650. The Kier molecular flexibility index (Phi) is 31.7. The van der Waals surface area contributed by atoms with Gasteiger partial charge in [0.05, 0.1) is 18.4 Å². The van der Waals surface area contributed by atoms with E-state index in [1.54, 1.807) is 6.07 Å². The van der Waals surface area contributed by atoms with Crippen LogP contribution in [0.1, 0.15) is 308 Å². The second-order valence-corrected chi connectivity index (χ2v) is 41.1. The predicted molar refractivity (Wildman–Crippen MR) is 467 cm³/mol. The number of nitrogens with zero attached hydrogens (tertiary/aromatic N) is 12. The first-order chi connectivity index (χ1) is 55.9. The van der Waals surface area contributed by atoms with Crippen LogP contribution >= 0.6 is 34.8 Å². The van der Waals surface area contributed by atoms with E-state index < -0.39 is 10.0 Å². The molecule has 5 heterocycles. The molecule has 6 aromatic rings. The Morgan fingerprint density at radius 3 is 1.41 bits per heavy atom. The van der Waals surface area contributed by atoms with Gasteiger partial charge in [0, 0.05) is 109 Å². The molecule has 0 amide bonds. The predicted octanol–water partition coefficient (Wildman–Crippen LogP) is 23.3. The van der Waals surface area contributed by atoms with Crippen molar-refractivity contribution in [2.45, 2.75) is 320 Å². The molecule has 24 nitrogen and oxygen atoms in total. The average Bonchev–Trinajstić information content (AvgIpc) is 0.896. The van der Waals surface area contributed by atoms with Gasteiger partial charge in [0.2, 0.25) is 10.0 Å². The summed E-state index contributed by atoms with van der Waals surface area (Å²) in [6, 6.07) is 15.8. The summed E-state index contributed by atoms with van der Waals surface area (Å²) in [4.78, 5) is 30.5. The third kappa shape index (κ3) is 22.7. The van der Waals surface area contributed by atoms with Gasteiger partial charge < -0.3 is 34.1 Å². The van der Waals surface area contributed by atoms with Gasteiger partial charge in [-0.15, -0.1) is 39.9 Å². The van der Waals surface area contributed by atoms with Gasteiger partial charge in [0.1, 0.15) is 61.9 Å². The number of hydrogen-bond donors (Lipinski definition) is 2. The van der Waals surface area contributed by atoms with E-state index in [-0.39, 0.29) is 79.1 Å². The number of carbonyl (C=O) groups is 2. The zero-order valence-corrected chi connectivity index (χ0v) is 75.8. The molecule has 2 aromatic heterocycles. The summed E-state index contributed by atoms with van der Waals surface area (Å²) in [5.74, 6) is 8.13. The minimum absolute atomic E-state index is 0.0225. The van der Waals surface area contributed by atoms with E-state index in [2.05, 4.69) is 159 Å². The maximum Gasteiger partial charge on any atom is 0.308 e. The summed E-state index contributed by atoms with van der Waals surface area (Å²) in [7, 11) is -0.810. The highest BCUT2D eigenvalue weighted by Crippen LogP contribution is 2.60. The molecule has 3 aliphatic carbocycles. The van der Waals surface area contributed by atoms with Crippen molar-refractivity contribution in [3.05, 3.63) is 115 Å². The first-order valence-corrected chi connectivity index (χ1v) is 46.1. The number of phenolic OH excluding ortho intramolecular Hbond substituents is 1. The molecule has 6 aliphatic rings. The van der Waals surface area contributed by atoms with Crippen LogP contribution < -0.4 is 29.0 Å². The van der Waals surface area contributed by atoms with Crippen molar-refractivity contribution in [1.29, 1.82) is 0 Å². The van der Waals surface area contributed by atoms with E-state index in [0.29, 0.717) is 90.1 Å². The standard InChI is InChI=1S/C38H52ClN7O6S.C27H40ClN3O3.C25H38ClN3O2/c1-24(47)50-31-19-26(37(2,3)16-10-8-9-11-17-39)20-32-34(31)28-18-25(12-13-29(28)38(4,5)51-32)22-46-23-27(41-44-46)21-40-30-14-15-33(53(48,49)45(6)7)36-35(30)42-52-43-36;1-18(32)33-23-15-20(26(2,3)12-8-6-7-9-13-28)16-24-25(23)21-14-19(17-30-31-29)10-11-22(21)27(4,5)34-24;1-24(2,11-7-5-6-8-12-26)18-14-21(30)23-19-13-17(16-28-29-27)9-10-20(19)25(3,4)31-22(23)15-18/h14-15,19-20,23,25,28-29,40H,8-13,16-18,21-22H2,1-7H3;15-16,19,21-22H,6-14,17H2,1-5H3;14-15,17,19-20,30H,5-13,16H2,1-4H3/t25-,28-,29-;19-,21-,22-;17-,19-,20-/m111/s1. The second-order valence-electron chi connectivity index (χ2n) is 37.8. The average molecular weight is 1710 g/mol. The number of ether oxygens (including phenoxy) is 5. The molecule has 3 saturated carbocycles. The van der Waals surface area contributed by atoms with Crippen LogP contribution in [0.3, 0.4) is 0 Å². The zero-order chi connectivity index (χ0) is 85.7. The molecule has 0 saturated heterocycles. The Hall–Kier alpha value is -7.24. The van der Waals surface area contributed by atoms with Crippen molar-refractivity contribution in [3.63, 3.8) is 0 Å². The molecular formula is C90H130Cl3N13O11S. The Labute approximate surface area is 715 Å². The highest BCUT2D eigenvalue weighted by molar-refractivity contribution is 7.89. The number of rotatable bonds is 34. The summed E-state index contributed by atoms with van der Waals surface area (Å²) in [6.07, 6.45) is 27.3. The number of azide groups is 2. The highest BCUT2D eigenvalue weighted by atomic mass is 35.5. The van der Waals surface area contributed by atoms with Crippen molar-refractivity contribution in [2.75, 3.05) is 50.1 Å². The number of nitrogens with one attached hydrogen (secondary N) is 1. The van der Waals surface area contributed by atoms with Crippen LogP contribution in [0, 0.1) is 35.5 Å². The molecule has 4 aromatic carbocycles. The summed E-state index contributed by atoms with van der Waals surface area (Å²) in [5.41, 5.74) is 24.4. The maximum absolute atomic E-state index is 12.8. The third-order valence-electron chi connectivity index (χ3n) is 26.5. The number of unbranched alkanes of at least 4 members (excludes halogenated alkanes) is 9. The van der Waals surface area contributed by atoms with Crippen molar-refractivity contribution in [2.24, 2.45) is 45.7 Å². The molecule has 3 aliphatic heterocycles. The van der Waals surface area contributed by atoms with Gasteiger partial charge in [-0.25, -0.2) is 17.4 Å². The number of aromatic hydroxyl groups is 1. The number of alkyl halides is 3. The maximum atomic E-state index is 12.8. The van der Waals surface area contributed by atoms with Crippen LogP contribution in [-0.4, -0.2) is 117 Å². The van der Waals surface area contributed by atoms with Crippen LogP contribution in [0.5, 0.6) is 34.5 Å². The van der Waals surface area contributed by atoms with Crippen LogP contribution in [-0.2, 0) is 48.9 Å². The molecule has 28 heteroatoms. The number of phenols is 1. The van der Waals surface area contributed by atoms with E-state index >= 15 is 0 Å². The smallest absolute Gasteiger partial charge is 0.308 e. The molecule has 12 rings (SSSR count). The molecular weight excluding hydrogens is 1580 g/mol. The monoisotopic (exact) mass is 1710 g/mol. The van der Waals surface area contributed by atoms with Crippen molar-refractivity contribution >= 4 is 73.5 Å². The number of esters is 2. The van der Waals surface area contributed by atoms with E-state index in [0.717, 1.165) is 214 Å². The lowest BCUT2D eigenvalue weighted by atomic mass is 9.63. The topological polar surface area (TPSA) is 317 Å². The van der Waals surface area contributed by atoms with Crippen LogP contribution in [0.2, 0.25) is 0 Å². The lowest BCUT2D eigenvalue weighted by Gasteiger charge is -2.49. The van der Waals surface area contributed by atoms with E-state index in [4.69, 9.17) is 74.2 Å². The largest absolute Gasteiger partial charge is 0.508 e. The van der Waals surface area contributed by atoms with Gasteiger partial charge in [-0.1, -0.05) is 115 Å². The SMILES string of the molecule is CC(=O)Oc1cc(C(C)(C)CCCCCCCl)cc2c1[C@@H]1C[C@H](CN=[N+]=[N-])CC[C@H]1C(C)(C)O2.CC(=O)Oc1cc(C(C)(C)CCCCCCCl)cc2c1[C@@H]1C[C@H](Cn3cc(CNc4ccc(S(=O)(=O)N(C)C)c5nonc45)nn3)CC[C@H]1C(C)(C)O2.CC(C)(CCCCCCCl)c1cc(O)c2c(c1)OC(C)(C)[C@@H]1CC[C@@H](CN=[N+]=[N-])C[C@@H]21. The Balaban J connectivity index is 0.000000196. The van der Waals surface area contributed by atoms with Crippen LogP contribution in [0.4, 0.5) is 5.69 Å². The molecule has 3 fully saturated rings. The Morgan fingerprint density at radius 1 is 0.585 bits per heavy atom. The number of sulfonamides is 1. The van der Waals surface area contributed by atoms with E-state index in [9.17, 15) is 23.1 Å². The minimum atomic E-state index is -3.74. The van der Waals surface area contributed by atoms with Crippen molar-refractivity contribution in [1.82, 2.24) is 29.6 Å². The van der Waals surface area contributed by atoms with Gasteiger partial charge in [-0.3, -0.25) is 14.3 Å². The number of benzene rings is 4. The number of fused-ring (bicyclic) bond motifs is 10. The van der Waals surface area contributed by atoms with Gasteiger partial charge in [0.25, 0.3) is 0 Å². The quantitative estimate of drug-likeness (QED) is 0.00721. The summed E-state index contributed by atoms with van der Waals surface area (Å²) >= 11 is 17.5. The lowest BCUT2D eigenvalue weighted by molar-refractivity contribution is -0.133. The summed E-state index contributed by atoms with van der Waals surface area (Å²) in [5, 5.41) is 38.7. The fourth-order valence-electron chi connectivity index (χ4n) is 19.8. The lowest BCUT2D eigenvalue weighted by Crippen LogP contribution is -2.47. The molecule has 648 valence electrons. The molecule has 0 unspecified atom stereocenters. The first-order valence-electron chi connectivity index (χ1n) is 43.1. The number of aromatic nitrogens is 5. The Morgan fingerprint density at radius 2 is 0.983 bits per heavy atom. The van der Waals surface area contributed by atoms with E-state index in [1.165, 1.54) is 46.9 Å². The normalized spacial score (nSPS) is 22.0. The van der Waals surface area contributed by atoms with Crippen LogP contribution in [0.15, 0.2) is 74.5 Å². The minimum Gasteiger partial charge on any atom is -0.508 e. The summed E-state index contributed by atoms with van der Waals surface area (Å²) < 4.78 is 65.2. The fraction of sp³-hybridized carbons (Fsp3) is 0.689. The zero-order valence-electron chi connectivity index (χ0n) is 72.8. The summed E-state index contributed by atoms with van der Waals surface area (Å²) in [6.45, 7) is 31.6. The molecule has 2 N–H and O–H groups in total.